The van der Waals surface area contributed by atoms with Gasteiger partial charge in [0.1, 0.15) is 0 Å². The molecule has 7 nitrogen and oxygen atoms in total. The molecular weight excluding hydrogens is 336 g/mol. The van der Waals surface area contributed by atoms with Crippen molar-refractivity contribution >= 4 is 41.0 Å². The third-order valence-electron chi connectivity index (χ3n) is 3.59. The van der Waals surface area contributed by atoms with E-state index in [9.17, 15) is 24.3 Å². The smallest absolute Gasteiger partial charge is 0.266 e. The molecule has 3 amide bonds. The zero-order chi connectivity index (χ0) is 17.6. The topological polar surface area (TPSA) is 121 Å². The van der Waals surface area contributed by atoms with E-state index in [2.05, 4.69) is 0 Å². The van der Waals surface area contributed by atoms with Gasteiger partial charge in [0.05, 0.1) is 27.8 Å². The second kappa shape index (κ2) is 5.47. The highest BCUT2D eigenvalue weighted by Gasteiger charge is 2.38. The summed E-state index contributed by atoms with van der Waals surface area (Å²) in [5, 5.41) is 11.0. The van der Waals surface area contributed by atoms with Gasteiger partial charge in [0.25, 0.3) is 11.8 Å². The third kappa shape index (κ3) is 2.31. The SMILES string of the molecule is NC(=O)c1ccc(Cl)c(N2C(=O)c3ccc(C(=O)[O-])cc3C2=O)c1. The number of carbonyl (C=O) groups excluding carboxylic acids is 4. The van der Waals surface area contributed by atoms with Crippen molar-refractivity contribution in [2.24, 2.45) is 5.73 Å². The first kappa shape index (κ1) is 15.7. The Kier molecular flexibility index (Phi) is 3.57. The molecule has 1 heterocycles. The van der Waals surface area contributed by atoms with E-state index in [1.54, 1.807) is 0 Å². The maximum Gasteiger partial charge on any atom is 0.266 e. The number of hydrogen-bond acceptors (Lipinski definition) is 5. The number of nitrogens with two attached hydrogens (primary N) is 1. The van der Waals surface area contributed by atoms with Crippen molar-refractivity contribution in [3.8, 4) is 0 Å². The molecule has 8 heteroatoms. The standard InChI is InChI=1S/C16H9ClN2O5/c17-11-4-2-7(13(18)20)6-12(11)19-14(21)9-3-1-8(16(23)24)5-10(9)15(19)22/h1-6H,(H2,18,20)(H,23,24)/p-1. The lowest BCUT2D eigenvalue weighted by atomic mass is 10.1. The first-order valence-corrected chi connectivity index (χ1v) is 7.02. The number of fused-ring (bicyclic) bond motifs is 1. The minimum absolute atomic E-state index is 0.00540. The van der Waals surface area contributed by atoms with Gasteiger partial charge in [-0.05, 0) is 35.9 Å². The molecule has 120 valence electrons. The number of amides is 3. The van der Waals surface area contributed by atoms with Crippen molar-refractivity contribution in [1.29, 1.82) is 0 Å². The highest BCUT2D eigenvalue weighted by molar-refractivity contribution is 6.40. The van der Waals surface area contributed by atoms with E-state index in [-0.39, 0.29) is 33.0 Å². The predicted octanol–water partition coefficient (Wildman–Crippen LogP) is 0.603. The third-order valence-corrected chi connectivity index (χ3v) is 3.91. The van der Waals surface area contributed by atoms with Crippen LogP contribution < -0.4 is 15.7 Å². The molecule has 0 fully saturated rings. The molecule has 24 heavy (non-hydrogen) atoms. The normalized spacial score (nSPS) is 13.1. The van der Waals surface area contributed by atoms with Gasteiger partial charge in [-0.2, -0.15) is 0 Å². The number of nitrogens with zero attached hydrogens (tertiary/aromatic N) is 1. The van der Waals surface area contributed by atoms with Crippen LogP contribution in [0.2, 0.25) is 5.02 Å². The molecule has 2 aromatic rings. The number of hydrogen-bond donors (Lipinski definition) is 1. The van der Waals surface area contributed by atoms with E-state index in [1.165, 1.54) is 30.3 Å². The predicted molar refractivity (Wildman–Crippen MR) is 81.9 cm³/mol. The van der Waals surface area contributed by atoms with Gasteiger partial charge in [-0.3, -0.25) is 14.4 Å². The lowest BCUT2D eigenvalue weighted by Crippen LogP contribution is -2.30. The molecule has 0 unspecified atom stereocenters. The highest BCUT2D eigenvalue weighted by Crippen LogP contribution is 2.34. The largest absolute Gasteiger partial charge is 0.545 e. The van der Waals surface area contributed by atoms with E-state index in [0.29, 0.717) is 0 Å². The van der Waals surface area contributed by atoms with Crippen LogP contribution >= 0.6 is 11.6 Å². The van der Waals surface area contributed by atoms with Crippen molar-refractivity contribution in [3.63, 3.8) is 0 Å². The van der Waals surface area contributed by atoms with Crippen LogP contribution in [-0.2, 0) is 0 Å². The van der Waals surface area contributed by atoms with Gasteiger partial charge in [-0.1, -0.05) is 17.7 Å². The summed E-state index contributed by atoms with van der Waals surface area (Å²) in [7, 11) is 0. The number of aromatic carboxylic acids is 1. The monoisotopic (exact) mass is 343 g/mol. The summed E-state index contributed by atoms with van der Waals surface area (Å²) in [6.45, 7) is 0. The minimum atomic E-state index is -1.47. The molecule has 0 spiro atoms. The number of rotatable bonds is 3. The van der Waals surface area contributed by atoms with Crippen LogP contribution in [0.1, 0.15) is 41.4 Å². The van der Waals surface area contributed by atoms with Crippen LogP contribution in [0.25, 0.3) is 0 Å². The maximum absolute atomic E-state index is 12.5. The summed E-state index contributed by atoms with van der Waals surface area (Å²) in [6, 6.07) is 7.40. The Labute approximate surface area is 140 Å². The number of carboxylic acids is 1. The van der Waals surface area contributed by atoms with Crippen molar-refractivity contribution in [2.45, 2.75) is 0 Å². The lowest BCUT2D eigenvalue weighted by Gasteiger charge is -2.16. The summed E-state index contributed by atoms with van der Waals surface area (Å²) in [5.41, 5.74) is 4.98. The molecule has 0 bridgehead atoms. The van der Waals surface area contributed by atoms with Crippen LogP contribution in [-0.4, -0.2) is 23.7 Å². The Morgan fingerprint density at radius 3 is 2.21 bits per heavy atom. The lowest BCUT2D eigenvalue weighted by molar-refractivity contribution is -0.255. The summed E-state index contributed by atoms with van der Waals surface area (Å²) >= 11 is 6.03. The van der Waals surface area contributed by atoms with Crippen LogP contribution in [0, 0.1) is 0 Å². The highest BCUT2D eigenvalue weighted by atomic mass is 35.5. The van der Waals surface area contributed by atoms with Crippen molar-refractivity contribution in [2.75, 3.05) is 4.90 Å². The van der Waals surface area contributed by atoms with Gasteiger partial charge < -0.3 is 15.6 Å². The first-order chi connectivity index (χ1) is 11.3. The Balaban J connectivity index is 2.13. The summed E-state index contributed by atoms with van der Waals surface area (Å²) in [4.78, 5) is 48.0. The Morgan fingerprint density at radius 1 is 0.958 bits per heavy atom. The van der Waals surface area contributed by atoms with E-state index in [4.69, 9.17) is 17.3 Å². The zero-order valence-electron chi connectivity index (χ0n) is 11.9. The molecule has 0 radical (unpaired) electrons. The van der Waals surface area contributed by atoms with Gasteiger partial charge in [-0.15, -0.1) is 0 Å². The van der Waals surface area contributed by atoms with E-state index >= 15 is 0 Å². The Morgan fingerprint density at radius 2 is 1.58 bits per heavy atom. The number of primary amides is 1. The van der Waals surface area contributed by atoms with E-state index in [1.807, 2.05) is 0 Å². The van der Waals surface area contributed by atoms with Crippen LogP contribution in [0.4, 0.5) is 5.69 Å². The second-order valence-electron chi connectivity index (χ2n) is 5.02. The molecule has 0 aliphatic carbocycles. The first-order valence-electron chi connectivity index (χ1n) is 6.65. The van der Waals surface area contributed by atoms with E-state index < -0.39 is 23.7 Å². The van der Waals surface area contributed by atoms with E-state index in [0.717, 1.165) is 11.0 Å². The molecule has 1 aliphatic heterocycles. The van der Waals surface area contributed by atoms with Gasteiger partial charge in [-0.25, -0.2) is 4.90 Å². The molecule has 0 saturated heterocycles. The second-order valence-corrected chi connectivity index (χ2v) is 5.43. The Bertz CT molecular complexity index is 938. The molecular formula is C16H8ClN2O5-. The summed E-state index contributed by atoms with van der Waals surface area (Å²) in [6.07, 6.45) is 0. The summed E-state index contributed by atoms with van der Waals surface area (Å²) in [5.74, 6) is -3.64. The molecule has 2 N–H and O–H groups in total. The molecule has 1 aliphatic rings. The molecule has 2 aromatic carbocycles. The number of halogens is 1. The number of carboxylic acid groups (broad SMARTS) is 1. The average molecular weight is 344 g/mol. The molecule has 0 saturated carbocycles. The number of benzene rings is 2. The molecule has 0 atom stereocenters. The maximum atomic E-state index is 12.5. The minimum Gasteiger partial charge on any atom is -0.545 e. The Hall–Kier alpha value is -3.19. The van der Waals surface area contributed by atoms with Crippen molar-refractivity contribution in [1.82, 2.24) is 0 Å². The van der Waals surface area contributed by atoms with Crippen LogP contribution in [0.15, 0.2) is 36.4 Å². The zero-order valence-corrected chi connectivity index (χ0v) is 12.7. The summed E-state index contributed by atoms with van der Waals surface area (Å²) < 4.78 is 0. The number of anilines is 1. The quantitative estimate of drug-likeness (QED) is 0.818. The van der Waals surface area contributed by atoms with Crippen LogP contribution in [0.5, 0.6) is 0 Å². The fourth-order valence-corrected chi connectivity index (χ4v) is 2.63. The number of carbonyl (C=O) groups is 4. The fourth-order valence-electron chi connectivity index (χ4n) is 2.42. The average Bonchev–Trinajstić information content (AvgIpc) is 2.79. The fraction of sp³-hybridized carbons (Fsp3) is 0. The van der Waals surface area contributed by atoms with Gasteiger partial charge >= 0.3 is 0 Å². The van der Waals surface area contributed by atoms with Gasteiger partial charge in [0.2, 0.25) is 5.91 Å². The van der Waals surface area contributed by atoms with Gasteiger partial charge in [0, 0.05) is 5.56 Å². The van der Waals surface area contributed by atoms with Crippen molar-refractivity contribution < 1.29 is 24.3 Å². The van der Waals surface area contributed by atoms with Crippen molar-refractivity contribution in [3.05, 3.63) is 63.7 Å². The van der Waals surface area contributed by atoms with Gasteiger partial charge in [0.15, 0.2) is 0 Å². The number of imide groups is 1. The van der Waals surface area contributed by atoms with Crippen LogP contribution in [0.3, 0.4) is 0 Å². The molecule has 0 aromatic heterocycles. The molecule has 3 rings (SSSR count).